The Morgan fingerprint density at radius 1 is 0.796 bits per heavy atom. The number of ether oxygens (including phenoxy) is 2. The number of carbonyl (C=O) groups is 2. The molecule has 2 heterocycles. The third kappa shape index (κ3) is 8.82. The van der Waals surface area contributed by atoms with Gasteiger partial charge in [0.25, 0.3) is 0 Å². The Morgan fingerprint density at radius 3 is 2.13 bits per heavy atom. The number of halogens is 1. The first kappa shape index (κ1) is 37.6. The maximum Gasteiger partial charge on any atom is 0.228 e. The zero-order valence-electron chi connectivity index (χ0n) is 30.2. The second-order valence-electron chi connectivity index (χ2n) is 14.3. The van der Waals surface area contributed by atoms with Gasteiger partial charge in [0, 0.05) is 47.4 Å². The number of rotatable bonds is 11. The van der Waals surface area contributed by atoms with Gasteiger partial charge in [0.1, 0.15) is 0 Å². The van der Waals surface area contributed by atoms with Crippen LogP contribution in [0.1, 0.15) is 81.8 Å². The molecular formula is C45H45ClN2O6. The fourth-order valence-electron chi connectivity index (χ4n) is 7.57. The van der Waals surface area contributed by atoms with E-state index in [1.54, 1.807) is 24.3 Å². The van der Waals surface area contributed by atoms with E-state index in [2.05, 4.69) is 22.3 Å². The molecule has 278 valence electrons. The summed E-state index contributed by atoms with van der Waals surface area (Å²) in [4.78, 5) is 27.1. The Bertz CT molecular complexity index is 2030. The molecule has 2 aliphatic rings. The van der Waals surface area contributed by atoms with E-state index in [0.717, 1.165) is 33.4 Å². The van der Waals surface area contributed by atoms with Crippen LogP contribution >= 0.6 is 11.6 Å². The molecular weight excluding hydrogens is 700 g/mol. The summed E-state index contributed by atoms with van der Waals surface area (Å²) in [5.74, 6) is -0.396. The number of aliphatic hydroxyl groups excluding tert-OH is 1. The number of nitrogens with zero attached hydrogens (tertiary/aromatic N) is 1. The van der Waals surface area contributed by atoms with Crippen molar-refractivity contribution in [2.75, 3.05) is 25.0 Å². The molecule has 8 nitrogen and oxygen atoms in total. The Hall–Kier alpha value is -4.67. The molecule has 0 aliphatic carbocycles. The molecule has 2 aliphatic heterocycles. The predicted octanol–water partition coefficient (Wildman–Crippen LogP) is 8.14. The highest BCUT2D eigenvalue weighted by atomic mass is 35.5. The first-order valence-electron chi connectivity index (χ1n) is 18.4. The molecule has 9 heteroatoms. The number of Topliss-reactive ketones (excluding diaryl/α,β-unsaturated/α-hetero) is 1. The van der Waals surface area contributed by atoms with Crippen LogP contribution < -0.4 is 5.32 Å². The fraction of sp³-hybridized carbons (Fsp3) is 0.289. The van der Waals surface area contributed by atoms with Crippen LogP contribution in [-0.2, 0) is 32.9 Å². The van der Waals surface area contributed by atoms with Gasteiger partial charge in [-0.3, -0.25) is 9.59 Å². The molecule has 0 saturated carbocycles. The molecule has 5 aromatic carbocycles. The maximum atomic E-state index is 12.9. The zero-order valence-corrected chi connectivity index (χ0v) is 31.0. The quantitative estimate of drug-likeness (QED) is 0.117. The molecule has 54 heavy (non-hydrogen) atoms. The van der Waals surface area contributed by atoms with E-state index in [1.807, 2.05) is 91.0 Å². The number of benzene rings is 5. The lowest BCUT2D eigenvalue weighted by atomic mass is 9.81. The van der Waals surface area contributed by atoms with Crippen molar-refractivity contribution >= 4 is 29.0 Å². The molecule has 3 N–H and O–H groups in total. The molecule has 0 radical (unpaired) electrons. The Labute approximate surface area is 321 Å². The van der Waals surface area contributed by atoms with E-state index in [0.29, 0.717) is 48.7 Å². The van der Waals surface area contributed by atoms with Gasteiger partial charge in [0.2, 0.25) is 5.91 Å². The minimum absolute atomic E-state index is 0.0468. The maximum absolute atomic E-state index is 12.9. The van der Waals surface area contributed by atoms with Gasteiger partial charge in [-0.2, -0.15) is 0 Å². The Kier molecular flexibility index (Phi) is 11.7. The van der Waals surface area contributed by atoms with Gasteiger partial charge >= 0.3 is 0 Å². The van der Waals surface area contributed by atoms with Gasteiger partial charge in [0.05, 0.1) is 30.8 Å². The van der Waals surface area contributed by atoms with Crippen molar-refractivity contribution in [3.63, 3.8) is 0 Å². The van der Waals surface area contributed by atoms with E-state index in [9.17, 15) is 19.8 Å². The van der Waals surface area contributed by atoms with Crippen LogP contribution in [0.3, 0.4) is 0 Å². The number of ketones is 1. The van der Waals surface area contributed by atoms with Crippen molar-refractivity contribution < 1.29 is 29.3 Å². The molecule has 5 aromatic rings. The average molecular weight is 745 g/mol. The summed E-state index contributed by atoms with van der Waals surface area (Å²) >= 11 is 6.14. The third-order valence-corrected chi connectivity index (χ3v) is 10.9. The molecule has 2 saturated heterocycles. The first-order valence-corrected chi connectivity index (χ1v) is 18.8. The standard InChI is InChI=1S/C45H45ClN2O6/c1-30(50)36-8-5-9-39(27-36)47-41(51)26-31-10-16-35(17-11-31)44-53-40(28-48-24-22-45(52,23-25-48)37-18-20-38(46)21-19-37)42(33-6-3-2-4-7-33)43(54-44)34-14-12-32(29-49)13-15-34/h2-21,27,40,42-44,49,52H,22-26,28-29H2,1H3,(H,47,51)/t40-,42-,43+,44?/m1/s1. The summed E-state index contributed by atoms with van der Waals surface area (Å²) in [5, 5.41) is 24.9. The molecule has 2 fully saturated rings. The van der Waals surface area contributed by atoms with Crippen molar-refractivity contribution in [2.24, 2.45) is 0 Å². The highest BCUT2D eigenvalue weighted by Gasteiger charge is 2.44. The van der Waals surface area contributed by atoms with Gasteiger partial charge in [-0.15, -0.1) is 0 Å². The Morgan fingerprint density at radius 2 is 1.46 bits per heavy atom. The van der Waals surface area contributed by atoms with Gasteiger partial charge in [-0.05, 0) is 71.8 Å². The van der Waals surface area contributed by atoms with Crippen LogP contribution in [0, 0.1) is 0 Å². The van der Waals surface area contributed by atoms with Gasteiger partial charge < -0.3 is 29.9 Å². The molecule has 0 bridgehead atoms. The normalized spacial score (nSPS) is 21.3. The minimum atomic E-state index is -0.923. The number of hydrogen-bond acceptors (Lipinski definition) is 7. The zero-order chi connectivity index (χ0) is 37.7. The van der Waals surface area contributed by atoms with Gasteiger partial charge in [-0.1, -0.05) is 115 Å². The molecule has 7 rings (SSSR count). The van der Waals surface area contributed by atoms with E-state index >= 15 is 0 Å². The largest absolute Gasteiger partial charge is 0.392 e. The van der Waals surface area contributed by atoms with E-state index < -0.39 is 11.9 Å². The van der Waals surface area contributed by atoms with E-state index in [-0.39, 0.29) is 42.8 Å². The van der Waals surface area contributed by atoms with Crippen molar-refractivity contribution in [1.82, 2.24) is 4.90 Å². The number of amides is 1. The van der Waals surface area contributed by atoms with Gasteiger partial charge in [-0.25, -0.2) is 0 Å². The molecule has 0 aromatic heterocycles. The summed E-state index contributed by atoms with van der Waals surface area (Å²) in [7, 11) is 0. The highest BCUT2D eigenvalue weighted by Crippen LogP contribution is 2.47. The molecule has 0 spiro atoms. The van der Waals surface area contributed by atoms with Crippen molar-refractivity contribution in [2.45, 2.75) is 62.8 Å². The van der Waals surface area contributed by atoms with Crippen LogP contribution in [0.2, 0.25) is 5.02 Å². The summed E-state index contributed by atoms with van der Waals surface area (Å²) in [5.41, 5.74) is 5.64. The summed E-state index contributed by atoms with van der Waals surface area (Å²) in [6.45, 7) is 3.47. The second-order valence-corrected chi connectivity index (χ2v) is 14.8. The number of aliphatic hydroxyl groups is 2. The van der Waals surface area contributed by atoms with Crippen LogP contribution in [0.5, 0.6) is 0 Å². The van der Waals surface area contributed by atoms with Crippen molar-refractivity contribution in [3.05, 3.63) is 171 Å². The number of anilines is 1. The fourth-order valence-corrected chi connectivity index (χ4v) is 7.70. The lowest BCUT2D eigenvalue weighted by Gasteiger charge is -2.46. The van der Waals surface area contributed by atoms with Crippen LogP contribution in [-0.4, -0.2) is 52.5 Å². The third-order valence-electron chi connectivity index (χ3n) is 10.6. The van der Waals surface area contributed by atoms with E-state index in [4.69, 9.17) is 21.1 Å². The van der Waals surface area contributed by atoms with Crippen LogP contribution in [0.4, 0.5) is 5.69 Å². The van der Waals surface area contributed by atoms with Crippen molar-refractivity contribution in [3.8, 4) is 0 Å². The summed E-state index contributed by atoms with van der Waals surface area (Å²) in [6, 6.07) is 40.3. The van der Waals surface area contributed by atoms with Gasteiger partial charge in [0.15, 0.2) is 12.1 Å². The second kappa shape index (κ2) is 16.8. The predicted molar refractivity (Wildman–Crippen MR) is 209 cm³/mol. The summed E-state index contributed by atoms with van der Waals surface area (Å²) < 4.78 is 13.8. The number of carbonyl (C=O) groups excluding carboxylic acids is 2. The topological polar surface area (TPSA) is 108 Å². The highest BCUT2D eigenvalue weighted by molar-refractivity contribution is 6.30. The molecule has 4 atom stereocenters. The van der Waals surface area contributed by atoms with Crippen LogP contribution in [0.15, 0.2) is 127 Å². The lowest BCUT2D eigenvalue weighted by Crippen LogP contribution is -2.49. The molecule has 1 amide bonds. The SMILES string of the molecule is CC(=O)c1cccc(NC(=O)Cc2ccc(C3O[C@H](CN4CCC(O)(c5ccc(Cl)cc5)CC4)[C@@H](c4ccccc4)[C@H](c4ccc(CO)cc4)O3)cc2)c1. The van der Waals surface area contributed by atoms with E-state index in [1.165, 1.54) is 6.92 Å². The molecule has 1 unspecified atom stereocenters. The summed E-state index contributed by atoms with van der Waals surface area (Å²) in [6.07, 6.45) is 0.00134. The minimum Gasteiger partial charge on any atom is -0.392 e. The monoisotopic (exact) mass is 744 g/mol. The first-order chi connectivity index (χ1) is 26.2. The Balaban J connectivity index is 1.13. The average Bonchev–Trinajstić information content (AvgIpc) is 3.19. The number of hydrogen-bond donors (Lipinski definition) is 3. The van der Waals surface area contributed by atoms with Crippen LogP contribution in [0.25, 0.3) is 0 Å². The number of likely N-dealkylation sites (tertiary alicyclic amines) is 1. The number of piperidine rings is 1. The lowest BCUT2D eigenvalue weighted by molar-refractivity contribution is -0.264. The smallest absolute Gasteiger partial charge is 0.228 e. The number of nitrogens with one attached hydrogen (secondary N) is 1. The van der Waals surface area contributed by atoms with Crippen molar-refractivity contribution in [1.29, 1.82) is 0 Å².